The van der Waals surface area contributed by atoms with Crippen LogP contribution >= 0.6 is 0 Å². The third kappa shape index (κ3) is 6.81. The minimum atomic E-state index is -0.0355. The molecule has 0 saturated heterocycles. The van der Waals surface area contributed by atoms with Crippen molar-refractivity contribution < 1.29 is 25.8 Å². The summed E-state index contributed by atoms with van der Waals surface area (Å²) in [7, 11) is 0. The van der Waals surface area contributed by atoms with Gasteiger partial charge in [0, 0.05) is 35.0 Å². The van der Waals surface area contributed by atoms with Crippen molar-refractivity contribution in [3.8, 4) is 34.1 Å². The van der Waals surface area contributed by atoms with E-state index in [1.807, 2.05) is 47.4 Å². The molecule has 262 valence electrons. The van der Waals surface area contributed by atoms with Crippen LogP contribution in [0.15, 0.2) is 91.4 Å². The summed E-state index contributed by atoms with van der Waals surface area (Å²) in [6.45, 7) is 20.6. The van der Waals surface area contributed by atoms with Crippen molar-refractivity contribution in [2.24, 2.45) is 0 Å². The Hall–Kier alpha value is -4.47. The van der Waals surface area contributed by atoms with E-state index in [0.29, 0.717) is 11.5 Å². The summed E-state index contributed by atoms with van der Waals surface area (Å²) in [4.78, 5) is 4.71. The Morgan fingerprint density at radius 2 is 1.55 bits per heavy atom. The minimum Gasteiger partial charge on any atom is -0.509 e. The monoisotopic (exact) mass is 853 g/mol. The molecule has 0 spiro atoms. The smallest absolute Gasteiger partial charge is 0.509 e. The quantitative estimate of drug-likeness (QED) is 0.150. The van der Waals surface area contributed by atoms with Crippen molar-refractivity contribution in [3.63, 3.8) is 0 Å². The molecule has 0 atom stereocenters. The van der Waals surface area contributed by atoms with Crippen LogP contribution in [0.25, 0.3) is 44.4 Å². The SMILES string of the molecule is CCc1cc(C(C)(C)C)c(-c2cnn(-c3[c-]c(Oc4[c-]c5c(cc4)c4ccccc4n5-c4cc(C)ccn4)ccc3)c2)c(C(C)(C)C)c1CC.[Pt+2]. The predicted molar refractivity (Wildman–Crippen MR) is 206 cm³/mol. The van der Waals surface area contributed by atoms with Crippen LogP contribution in [0.5, 0.6) is 11.5 Å². The fourth-order valence-corrected chi connectivity index (χ4v) is 7.36. The van der Waals surface area contributed by atoms with E-state index in [9.17, 15) is 0 Å². The number of hydrogen-bond acceptors (Lipinski definition) is 3. The number of rotatable bonds is 7. The molecule has 7 aromatic rings. The average molecular weight is 854 g/mol. The van der Waals surface area contributed by atoms with Gasteiger partial charge >= 0.3 is 21.1 Å². The summed E-state index contributed by atoms with van der Waals surface area (Å²) in [6, 6.07) is 32.0. The minimum absolute atomic E-state index is 0. The molecule has 0 aliphatic carbocycles. The van der Waals surface area contributed by atoms with Gasteiger partial charge in [0.05, 0.1) is 6.20 Å². The van der Waals surface area contributed by atoms with Gasteiger partial charge in [-0.25, -0.2) is 4.98 Å². The van der Waals surface area contributed by atoms with Gasteiger partial charge in [0.25, 0.3) is 0 Å². The second kappa shape index (κ2) is 13.9. The second-order valence-corrected chi connectivity index (χ2v) is 15.3. The van der Waals surface area contributed by atoms with Crippen LogP contribution in [-0.4, -0.2) is 19.3 Å². The molecule has 0 fully saturated rings. The van der Waals surface area contributed by atoms with Crippen LogP contribution in [0.4, 0.5) is 0 Å². The molecule has 0 saturated carbocycles. The standard InChI is InChI=1S/C45H46N4O.Pt/c1-10-30-24-38(44(4,5)6)42(43(35(30)11-2)45(7,8)9)31-27-47-48(28-31)32-15-14-16-33(25-32)50-34-19-20-37-36-17-12-13-18-39(36)49(40(37)26-34)41-23-29(3)21-22-46-41;/h12-24,27-28H,10-11H2,1-9H3;/q-2;+2. The second-order valence-electron chi connectivity index (χ2n) is 15.3. The summed E-state index contributed by atoms with van der Waals surface area (Å²) < 4.78 is 10.5. The van der Waals surface area contributed by atoms with Crippen molar-refractivity contribution in [2.75, 3.05) is 0 Å². The zero-order valence-electron chi connectivity index (χ0n) is 31.1. The van der Waals surface area contributed by atoms with E-state index in [1.54, 1.807) is 0 Å². The number of aromatic nitrogens is 4. The Morgan fingerprint density at radius 1 is 0.784 bits per heavy atom. The van der Waals surface area contributed by atoms with Gasteiger partial charge in [-0.1, -0.05) is 85.2 Å². The predicted octanol–water partition coefficient (Wildman–Crippen LogP) is 11.4. The number of para-hydroxylation sites is 1. The van der Waals surface area contributed by atoms with E-state index in [0.717, 1.165) is 57.3 Å². The number of nitrogens with zero attached hydrogens (tertiary/aromatic N) is 4. The summed E-state index contributed by atoms with van der Waals surface area (Å²) in [6.07, 6.45) is 8.02. The Kier molecular flexibility index (Phi) is 9.91. The van der Waals surface area contributed by atoms with E-state index in [1.165, 1.54) is 27.8 Å². The molecule has 0 N–H and O–H groups in total. The molecule has 0 radical (unpaired) electrons. The molecule has 7 rings (SSSR count). The topological polar surface area (TPSA) is 44.9 Å². The molecule has 0 bridgehead atoms. The number of hydrogen-bond donors (Lipinski definition) is 0. The summed E-state index contributed by atoms with van der Waals surface area (Å²) >= 11 is 0. The Labute approximate surface area is 317 Å². The largest absolute Gasteiger partial charge is 2.00 e. The molecule has 5 nitrogen and oxygen atoms in total. The van der Waals surface area contributed by atoms with Gasteiger partial charge < -0.3 is 9.30 Å². The zero-order chi connectivity index (χ0) is 35.4. The van der Waals surface area contributed by atoms with E-state index >= 15 is 0 Å². The van der Waals surface area contributed by atoms with Gasteiger partial charge in [0.15, 0.2) is 0 Å². The van der Waals surface area contributed by atoms with Crippen LogP contribution < -0.4 is 4.74 Å². The van der Waals surface area contributed by atoms with E-state index in [2.05, 4.69) is 128 Å². The number of ether oxygens (including phenoxy) is 1. The first-order chi connectivity index (χ1) is 23.9. The van der Waals surface area contributed by atoms with E-state index in [-0.39, 0.29) is 31.9 Å². The van der Waals surface area contributed by atoms with Gasteiger partial charge in [0.2, 0.25) is 0 Å². The van der Waals surface area contributed by atoms with Crippen LogP contribution in [0.3, 0.4) is 0 Å². The van der Waals surface area contributed by atoms with Gasteiger partial charge in [-0.05, 0) is 93.2 Å². The molecule has 0 unspecified atom stereocenters. The summed E-state index contributed by atoms with van der Waals surface area (Å²) in [5, 5.41) is 7.13. The van der Waals surface area contributed by atoms with Gasteiger partial charge in [-0.2, -0.15) is 17.2 Å². The Bertz CT molecular complexity index is 2370. The average Bonchev–Trinajstić information content (AvgIpc) is 3.70. The van der Waals surface area contributed by atoms with Crippen LogP contribution in [0.1, 0.15) is 83.2 Å². The third-order valence-corrected chi connectivity index (χ3v) is 9.60. The molecule has 0 aliphatic rings. The van der Waals surface area contributed by atoms with Gasteiger partial charge in [-0.15, -0.1) is 35.7 Å². The molecule has 0 aliphatic heterocycles. The number of pyridine rings is 1. The molecule has 6 heteroatoms. The molecule has 0 amide bonds. The Balaban J connectivity index is 0.00000448. The summed E-state index contributed by atoms with van der Waals surface area (Å²) in [5.74, 6) is 2.06. The normalized spacial score (nSPS) is 12.0. The van der Waals surface area contributed by atoms with Crippen molar-refractivity contribution in [3.05, 3.63) is 131 Å². The van der Waals surface area contributed by atoms with Gasteiger partial charge in [0.1, 0.15) is 5.82 Å². The van der Waals surface area contributed by atoms with Crippen molar-refractivity contribution in [2.45, 2.75) is 86.0 Å². The maximum absolute atomic E-state index is 6.45. The third-order valence-electron chi connectivity index (χ3n) is 9.60. The van der Waals surface area contributed by atoms with E-state index in [4.69, 9.17) is 14.8 Å². The first kappa shape index (κ1) is 36.3. The van der Waals surface area contributed by atoms with Gasteiger partial charge in [-0.3, -0.25) is 4.68 Å². The van der Waals surface area contributed by atoms with Crippen molar-refractivity contribution in [1.82, 2.24) is 19.3 Å². The maximum atomic E-state index is 6.45. The zero-order valence-corrected chi connectivity index (χ0v) is 33.4. The van der Waals surface area contributed by atoms with Crippen LogP contribution in [0, 0.1) is 19.1 Å². The van der Waals surface area contributed by atoms with Crippen LogP contribution in [0.2, 0.25) is 0 Å². The summed E-state index contributed by atoms with van der Waals surface area (Å²) in [5.41, 5.74) is 12.0. The molecular formula is C45H46N4OPt. The fourth-order valence-electron chi connectivity index (χ4n) is 7.36. The van der Waals surface area contributed by atoms with E-state index < -0.39 is 0 Å². The fraction of sp³-hybridized carbons (Fsp3) is 0.289. The number of fused-ring (bicyclic) bond motifs is 3. The van der Waals surface area contributed by atoms with Crippen LogP contribution in [-0.2, 0) is 44.7 Å². The molecular weight excluding hydrogens is 808 g/mol. The molecule has 51 heavy (non-hydrogen) atoms. The molecule has 4 aromatic carbocycles. The first-order valence-corrected chi connectivity index (χ1v) is 17.7. The number of benzene rings is 4. The maximum Gasteiger partial charge on any atom is 2.00 e. The first-order valence-electron chi connectivity index (χ1n) is 17.7. The van der Waals surface area contributed by atoms with Crippen molar-refractivity contribution >= 4 is 21.8 Å². The van der Waals surface area contributed by atoms with Crippen molar-refractivity contribution in [1.29, 1.82) is 0 Å². The Morgan fingerprint density at radius 3 is 2.25 bits per heavy atom. The molecule has 3 aromatic heterocycles. The molecule has 3 heterocycles. The number of aryl methyl sites for hydroxylation is 2.